The summed E-state index contributed by atoms with van der Waals surface area (Å²) in [4.78, 5) is 19.2. The topological polar surface area (TPSA) is 93.3 Å². The Hall–Kier alpha value is -3.61. The van der Waals surface area contributed by atoms with Crippen LogP contribution < -0.4 is 5.43 Å². The molecule has 0 radical (unpaired) electrons. The molecule has 7 nitrogen and oxygen atoms in total. The average molecular weight is 333 g/mol. The number of aromatic nitrogens is 2. The number of benzene rings is 2. The van der Waals surface area contributed by atoms with Crippen molar-refractivity contribution in [3.05, 3.63) is 82.0 Å². The smallest absolute Gasteiger partial charge is 0.261 e. The highest BCUT2D eigenvalue weighted by Gasteiger charge is 2.05. The molecule has 0 aliphatic rings. The maximum Gasteiger partial charge on any atom is 0.270 e. The second-order valence-corrected chi connectivity index (χ2v) is 5.31. The predicted molar refractivity (Wildman–Crippen MR) is 96.5 cm³/mol. The lowest BCUT2D eigenvalue weighted by Crippen LogP contribution is -1.99. The molecule has 3 rings (SSSR count). The summed E-state index contributed by atoms with van der Waals surface area (Å²) < 4.78 is 0. The molecule has 0 saturated heterocycles. The van der Waals surface area contributed by atoms with Gasteiger partial charge in [0.05, 0.1) is 11.1 Å². The fourth-order valence-electron chi connectivity index (χ4n) is 2.23. The first-order valence-corrected chi connectivity index (χ1v) is 7.56. The number of nitrogens with one attached hydrogen (secondary N) is 1. The largest absolute Gasteiger partial charge is 0.270 e. The van der Waals surface area contributed by atoms with Crippen molar-refractivity contribution in [3.63, 3.8) is 0 Å². The van der Waals surface area contributed by atoms with Crippen LogP contribution in [0, 0.1) is 17.0 Å². The first-order chi connectivity index (χ1) is 12.1. The zero-order valence-electron chi connectivity index (χ0n) is 13.5. The Labute approximate surface area is 144 Å². The summed E-state index contributed by atoms with van der Waals surface area (Å²) in [6.07, 6.45) is 1.51. The van der Waals surface area contributed by atoms with E-state index >= 15 is 0 Å². The number of hydrogen-bond donors (Lipinski definition) is 1. The van der Waals surface area contributed by atoms with Gasteiger partial charge < -0.3 is 0 Å². The van der Waals surface area contributed by atoms with Gasteiger partial charge in [0.15, 0.2) is 11.6 Å². The zero-order chi connectivity index (χ0) is 17.6. The summed E-state index contributed by atoms with van der Waals surface area (Å²) in [6.45, 7) is 1.88. The molecule has 2 aromatic carbocycles. The fraction of sp³-hybridized carbons (Fsp3) is 0.0556. The quantitative estimate of drug-likeness (QED) is 0.435. The van der Waals surface area contributed by atoms with Crippen LogP contribution in [-0.4, -0.2) is 21.1 Å². The minimum absolute atomic E-state index is 0.0215. The molecule has 0 spiro atoms. The van der Waals surface area contributed by atoms with Crippen molar-refractivity contribution in [1.29, 1.82) is 0 Å². The van der Waals surface area contributed by atoms with E-state index in [1.165, 1.54) is 18.3 Å². The van der Waals surface area contributed by atoms with Gasteiger partial charge in [-0.2, -0.15) is 5.10 Å². The maximum atomic E-state index is 10.8. The predicted octanol–water partition coefficient (Wildman–Crippen LogP) is 3.81. The number of hydrogen-bond acceptors (Lipinski definition) is 6. The van der Waals surface area contributed by atoms with Gasteiger partial charge in [0, 0.05) is 35.0 Å². The van der Waals surface area contributed by atoms with E-state index in [0.717, 1.165) is 11.3 Å². The van der Waals surface area contributed by atoms with E-state index in [1.54, 1.807) is 18.2 Å². The third kappa shape index (κ3) is 4.23. The number of hydrazone groups is 1. The van der Waals surface area contributed by atoms with Crippen molar-refractivity contribution >= 4 is 17.7 Å². The van der Waals surface area contributed by atoms with Crippen LogP contribution >= 0.6 is 0 Å². The van der Waals surface area contributed by atoms with E-state index in [2.05, 4.69) is 20.5 Å². The number of nitro benzene ring substituents is 1. The second-order valence-electron chi connectivity index (χ2n) is 5.31. The number of non-ortho nitro benzene ring substituents is 1. The molecular formula is C18H15N5O2. The Kier molecular flexibility index (Phi) is 4.75. The van der Waals surface area contributed by atoms with Gasteiger partial charge in [0.2, 0.25) is 0 Å². The van der Waals surface area contributed by atoms with Gasteiger partial charge in [0.25, 0.3) is 5.69 Å². The lowest BCUT2D eigenvalue weighted by Gasteiger charge is -2.05. The molecule has 0 amide bonds. The van der Waals surface area contributed by atoms with Crippen molar-refractivity contribution < 1.29 is 4.92 Å². The van der Waals surface area contributed by atoms with Gasteiger partial charge >= 0.3 is 0 Å². The van der Waals surface area contributed by atoms with E-state index in [4.69, 9.17) is 0 Å². The Morgan fingerprint density at radius 1 is 1.08 bits per heavy atom. The summed E-state index contributed by atoms with van der Waals surface area (Å²) in [6, 6.07) is 17.7. The second kappa shape index (κ2) is 7.31. The molecule has 25 heavy (non-hydrogen) atoms. The first-order valence-electron chi connectivity index (χ1n) is 7.56. The third-order valence-corrected chi connectivity index (χ3v) is 3.36. The molecule has 0 bridgehead atoms. The van der Waals surface area contributed by atoms with Crippen molar-refractivity contribution in [2.45, 2.75) is 6.92 Å². The SMILES string of the molecule is Cc1cc(N/N=C\c2cccc([N+](=O)[O-])c2)nc(-c2ccccc2)n1. The van der Waals surface area contributed by atoms with Gasteiger partial charge in [-0.15, -0.1) is 0 Å². The molecule has 0 saturated carbocycles. The molecule has 1 aromatic heterocycles. The number of rotatable bonds is 5. The summed E-state index contributed by atoms with van der Waals surface area (Å²) >= 11 is 0. The van der Waals surface area contributed by atoms with E-state index in [1.807, 2.05) is 37.3 Å². The average Bonchev–Trinajstić information content (AvgIpc) is 2.62. The van der Waals surface area contributed by atoms with Crippen molar-refractivity contribution in [2.75, 3.05) is 5.43 Å². The molecule has 3 aromatic rings. The van der Waals surface area contributed by atoms with E-state index in [9.17, 15) is 10.1 Å². The van der Waals surface area contributed by atoms with Crippen LogP contribution in [-0.2, 0) is 0 Å². The lowest BCUT2D eigenvalue weighted by molar-refractivity contribution is -0.384. The van der Waals surface area contributed by atoms with Gasteiger partial charge in [-0.1, -0.05) is 42.5 Å². The standard InChI is InChI=1S/C18H15N5O2/c1-13-10-17(21-18(20-13)15-7-3-2-4-8-15)22-19-12-14-6-5-9-16(11-14)23(24)25/h2-12H,1H3,(H,20,21,22)/b19-12-. The van der Waals surface area contributed by atoms with Crippen LogP contribution in [0.4, 0.5) is 11.5 Å². The van der Waals surface area contributed by atoms with Crippen LogP contribution in [0.5, 0.6) is 0 Å². The third-order valence-electron chi connectivity index (χ3n) is 3.36. The molecule has 1 heterocycles. The Morgan fingerprint density at radius 3 is 2.64 bits per heavy atom. The minimum atomic E-state index is -0.440. The zero-order valence-corrected chi connectivity index (χ0v) is 13.5. The van der Waals surface area contributed by atoms with Gasteiger partial charge in [0.1, 0.15) is 0 Å². The summed E-state index contributed by atoms with van der Waals surface area (Å²) in [5.41, 5.74) is 5.20. The van der Waals surface area contributed by atoms with E-state index in [-0.39, 0.29) is 5.69 Å². The highest BCUT2D eigenvalue weighted by atomic mass is 16.6. The van der Waals surface area contributed by atoms with Gasteiger partial charge in [-0.3, -0.25) is 15.5 Å². The minimum Gasteiger partial charge on any atom is -0.261 e. The number of anilines is 1. The highest BCUT2D eigenvalue weighted by molar-refractivity contribution is 5.81. The molecule has 124 valence electrons. The molecule has 1 N–H and O–H groups in total. The Morgan fingerprint density at radius 2 is 1.88 bits per heavy atom. The molecule has 0 aliphatic heterocycles. The Balaban J connectivity index is 1.78. The van der Waals surface area contributed by atoms with Crippen LogP contribution in [0.2, 0.25) is 0 Å². The fourth-order valence-corrected chi connectivity index (χ4v) is 2.23. The van der Waals surface area contributed by atoms with Crippen LogP contribution in [0.25, 0.3) is 11.4 Å². The number of nitrogens with zero attached hydrogens (tertiary/aromatic N) is 4. The monoisotopic (exact) mass is 333 g/mol. The molecule has 0 aliphatic carbocycles. The summed E-state index contributed by atoms with van der Waals surface area (Å²) in [5.74, 6) is 1.15. The van der Waals surface area contributed by atoms with Crippen molar-refractivity contribution in [2.24, 2.45) is 5.10 Å². The molecule has 0 unspecified atom stereocenters. The van der Waals surface area contributed by atoms with Crippen molar-refractivity contribution in [3.8, 4) is 11.4 Å². The van der Waals surface area contributed by atoms with Gasteiger partial charge in [-0.25, -0.2) is 9.97 Å². The lowest BCUT2D eigenvalue weighted by atomic mass is 10.2. The molecule has 0 fully saturated rings. The highest BCUT2D eigenvalue weighted by Crippen LogP contribution is 2.17. The summed E-state index contributed by atoms with van der Waals surface area (Å²) in [7, 11) is 0. The van der Waals surface area contributed by atoms with Crippen LogP contribution in [0.15, 0.2) is 65.8 Å². The number of aryl methyl sites for hydroxylation is 1. The molecule has 7 heteroatoms. The Bertz CT molecular complexity index is 926. The van der Waals surface area contributed by atoms with E-state index < -0.39 is 4.92 Å². The maximum absolute atomic E-state index is 10.8. The molecular weight excluding hydrogens is 318 g/mol. The van der Waals surface area contributed by atoms with Crippen molar-refractivity contribution in [1.82, 2.24) is 9.97 Å². The van der Waals surface area contributed by atoms with Crippen LogP contribution in [0.1, 0.15) is 11.3 Å². The first kappa shape index (κ1) is 16.3. The van der Waals surface area contributed by atoms with E-state index in [0.29, 0.717) is 17.2 Å². The van der Waals surface area contributed by atoms with Gasteiger partial charge in [-0.05, 0) is 6.92 Å². The number of nitro groups is 1. The molecule has 0 atom stereocenters. The van der Waals surface area contributed by atoms with Crippen LogP contribution in [0.3, 0.4) is 0 Å². The summed E-state index contributed by atoms with van der Waals surface area (Å²) in [5, 5.41) is 14.9. The normalized spacial score (nSPS) is 10.8.